The average Bonchev–Trinajstić information content (AvgIpc) is 3.21. The van der Waals surface area contributed by atoms with Gasteiger partial charge in [-0.2, -0.15) is 0 Å². The number of amides is 1. The number of carbonyl (C=O) groups excluding carboxylic acids is 1. The molecule has 0 saturated carbocycles. The normalized spacial score (nSPS) is 11.3. The van der Waals surface area contributed by atoms with Gasteiger partial charge in [0.2, 0.25) is 5.91 Å². The molecule has 0 aliphatic carbocycles. The molecule has 8 nitrogen and oxygen atoms in total. The molecule has 0 radical (unpaired) electrons. The number of nitrogens with one attached hydrogen (secondary N) is 1. The Morgan fingerprint density at radius 3 is 2.34 bits per heavy atom. The van der Waals surface area contributed by atoms with Crippen LogP contribution < -0.4 is 11.2 Å². The van der Waals surface area contributed by atoms with Crippen LogP contribution in [0.5, 0.6) is 0 Å². The fraction of sp³-hybridized carbons (Fsp3) is 0.556. The number of carbonyl (C=O) groups is 1. The van der Waals surface area contributed by atoms with Gasteiger partial charge in [0.1, 0.15) is 5.82 Å². The summed E-state index contributed by atoms with van der Waals surface area (Å²) in [7, 11) is 0. The smallest absolute Gasteiger partial charge is 0.330 e. The summed E-state index contributed by atoms with van der Waals surface area (Å²) in [6.07, 6.45) is 6.37. The molecule has 0 fully saturated rings. The van der Waals surface area contributed by atoms with Crippen molar-refractivity contribution in [2.75, 3.05) is 6.54 Å². The predicted octanol–water partition coefficient (Wildman–Crippen LogP) is 4.25. The highest BCUT2D eigenvalue weighted by Crippen LogP contribution is 2.17. The number of H-pyrrole nitrogens is 1. The number of hydrogen-bond donors (Lipinski definition) is 1. The standard InChI is InChI=1S/C27H39N5O3/c1-4-7-12-19-31-22(28-25-24(31)26(34)29-27(35)32(25)18-8-5-2)15-16-23(33)30(17-6-3)20-21-13-10-9-11-14-21/h9-11,13-14H,4-8,12,15-20H2,1-3H3,(H,29,34,35). The maximum absolute atomic E-state index is 13.2. The minimum absolute atomic E-state index is 0.0696. The van der Waals surface area contributed by atoms with Gasteiger partial charge in [-0.1, -0.05) is 70.4 Å². The van der Waals surface area contributed by atoms with Crippen LogP contribution in [0.15, 0.2) is 39.9 Å². The number of hydrogen-bond acceptors (Lipinski definition) is 4. The van der Waals surface area contributed by atoms with Gasteiger partial charge in [-0.25, -0.2) is 9.78 Å². The largest absolute Gasteiger partial charge is 0.338 e. The third kappa shape index (κ3) is 6.71. The van der Waals surface area contributed by atoms with Gasteiger partial charge in [0.05, 0.1) is 0 Å². The van der Waals surface area contributed by atoms with Crippen molar-refractivity contribution >= 4 is 17.1 Å². The summed E-state index contributed by atoms with van der Waals surface area (Å²) in [4.78, 5) is 47.7. The number of unbranched alkanes of at least 4 members (excludes halogenated alkanes) is 3. The van der Waals surface area contributed by atoms with Gasteiger partial charge < -0.3 is 9.47 Å². The first-order valence-electron chi connectivity index (χ1n) is 13.0. The summed E-state index contributed by atoms with van der Waals surface area (Å²) >= 11 is 0. The number of aromatic nitrogens is 4. The number of imidazole rings is 1. The lowest BCUT2D eigenvalue weighted by Crippen LogP contribution is -2.31. The lowest BCUT2D eigenvalue weighted by Gasteiger charge is -2.22. The zero-order chi connectivity index (χ0) is 25.2. The molecule has 0 aliphatic rings. The van der Waals surface area contributed by atoms with Crippen LogP contribution in [0.2, 0.25) is 0 Å². The molecule has 0 spiro atoms. The molecular formula is C27H39N5O3. The molecule has 0 bridgehead atoms. The maximum Gasteiger partial charge on any atom is 0.330 e. The summed E-state index contributed by atoms with van der Waals surface area (Å²) in [6.45, 7) is 8.69. The Kier molecular flexibility index (Phi) is 9.87. The van der Waals surface area contributed by atoms with E-state index in [1.165, 1.54) is 0 Å². The van der Waals surface area contributed by atoms with Gasteiger partial charge in [-0.05, 0) is 24.8 Å². The van der Waals surface area contributed by atoms with Crippen molar-refractivity contribution in [3.05, 3.63) is 62.6 Å². The molecule has 8 heteroatoms. The Balaban J connectivity index is 1.90. The van der Waals surface area contributed by atoms with E-state index in [0.29, 0.717) is 56.0 Å². The monoisotopic (exact) mass is 481 g/mol. The number of nitrogens with zero attached hydrogens (tertiary/aromatic N) is 4. The summed E-state index contributed by atoms with van der Waals surface area (Å²) in [5.74, 6) is 0.766. The van der Waals surface area contributed by atoms with E-state index in [4.69, 9.17) is 4.98 Å². The Hall–Kier alpha value is -3.16. The summed E-state index contributed by atoms with van der Waals surface area (Å²) in [6, 6.07) is 10.0. The Morgan fingerprint density at radius 1 is 0.943 bits per heavy atom. The topological polar surface area (TPSA) is 93.0 Å². The molecule has 3 rings (SSSR count). The molecule has 1 amide bonds. The van der Waals surface area contributed by atoms with Crippen LogP contribution in [0.3, 0.4) is 0 Å². The SMILES string of the molecule is CCCCCn1c(CCC(=O)N(CCC)Cc2ccccc2)nc2c1c(=O)[nH]c(=O)n2CCCC. The quantitative estimate of drug-likeness (QED) is 0.348. The number of aryl methyl sites for hydroxylation is 3. The van der Waals surface area contributed by atoms with E-state index in [-0.39, 0.29) is 5.91 Å². The van der Waals surface area contributed by atoms with E-state index in [0.717, 1.165) is 44.1 Å². The molecular weight excluding hydrogens is 442 g/mol. The van der Waals surface area contributed by atoms with E-state index in [1.54, 1.807) is 4.57 Å². The molecule has 0 unspecified atom stereocenters. The molecule has 1 N–H and O–H groups in total. The van der Waals surface area contributed by atoms with Gasteiger partial charge in [-0.15, -0.1) is 0 Å². The van der Waals surface area contributed by atoms with Crippen LogP contribution in [-0.2, 0) is 30.8 Å². The Labute approximate surface area is 207 Å². The third-order valence-corrected chi connectivity index (χ3v) is 6.31. The van der Waals surface area contributed by atoms with Crippen LogP contribution in [0, 0.1) is 0 Å². The zero-order valence-electron chi connectivity index (χ0n) is 21.4. The Morgan fingerprint density at radius 2 is 1.66 bits per heavy atom. The second kappa shape index (κ2) is 13.1. The molecule has 0 aliphatic heterocycles. The van der Waals surface area contributed by atoms with Gasteiger partial charge >= 0.3 is 5.69 Å². The predicted molar refractivity (Wildman–Crippen MR) is 140 cm³/mol. The fourth-order valence-corrected chi connectivity index (χ4v) is 4.44. The molecule has 1 aromatic carbocycles. The van der Waals surface area contributed by atoms with Crippen LogP contribution >= 0.6 is 0 Å². The molecule has 2 aromatic heterocycles. The minimum Gasteiger partial charge on any atom is -0.338 e. The number of rotatable bonds is 14. The first-order valence-corrected chi connectivity index (χ1v) is 13.0. The van der Waals surface area contributed by atoms with Crippen molar-refractivity contribution in [1.29, 1.82) is 0 Å². The van der Waals surface area contributed by atoms with Crippen LogP contribution in [0.1, 0.15) is 77.1 Å². The number of benzene rings is 1. The van der Waals surface area contributed by atoms with E-state index < -0.39 is 11.2 Å². The van der Waals surface area contributed by atoms with Gasteiger partial charge in [0, 0.05) is 39.0 Å². The van der Waals surface area contributed by atoms with Gasteiger partial charge in [0.15, 0.2) is 11.2 Å². The van der Waals surface area contributed by atoms with Crippen LogP contribution in [0.4, 0.5) is 0 Å². The average molecular weight is 482 g/mol. The van der Waals surface area contributed by atoms with Gasteiger partial charge in [0.25, 0.3) is 5.56 Å². The van der Waals surface area contributed by atoms with E-state index in [1.807, 2.05) is 39.8 Å². The van der Waals surface area contributed by atoms with Crippen LogP contribution in [0.25, 0.3) is 11.2 Å². The summed E-state index contributed by atoms with van der Waals surface area (Å²) in [5.41, 5.74) is 1.15. The van der Waals surface area contributed by atoms with E-state index in [9.17, 15) is 14.4 Å². The fourth-order valence-electron chi connectivity index (χ4n) is 4.44. The van der Waals surface area contributed by atoms with Gasteiger partial charge in [-0.3, -0.25) is 19.1 Å². The molecule has 190 valence electrons. The lowest BCUT2D eigenvalue weighted by atomic mass is 10.2. The number of aromatic amines is 1. The highest BCUT2D eigenvalue weighted by atomic mass is 16.2. The van der Waals surface area contributed by atoms with Crippen LogP contribution in [-0.4, -0.2) is 36.5 Å². The van der Waals surface area contributed by atoms with E-state index >= 15 is 0 Å². The van der Waals surface area contributed by atoms with Crippen molar-refractivity contribution in [1.82, 2.24) is 24.0 Å². The molecule has 0 atom stereocenters. The van der Waals surface area contributed by atoms with Crippen molar-refractivity contribution in [2.45, 2.75) is 91.8 Å². The highest BCUT2D eigenvalue weighted by Gasteiger charge is 2.20. The highest BCUT2D eigenvalue weighted by molar-refractivity contribution is 5.77. The lowest BCUT2D eigenvalue weighted by molar-refractivity contribution is -0.131. The molecule has 2 heterocycles. The van der Waals surface area contributed by atoms with Crippen molar-refractivity contribution in [3.8, 4) is 0 Å². The molecule has 0 saturated heterocycles. The zero-order valence-corrected chi connectivity index (χ0v) is 21.4. The second-order valence-corrected chi connectivity index (χ2v) is 9.12. The minimum atomic E-state index is -0.422. The second-order valence-electron chi connectivity index (χ2n) is 9.12. The van der Waals surface area contributed by atoms with Crippen molar-refractivity contribution < 1.29 is 4.79 Å². The number of fused-ring (bicyclic) bond motifs is 1. The van der Waals surface area contributed by atoms with Crippen molar-refractivity contribution in [3.63, 3.8) is 0 Å². The van der Waals surface area contributed by atoms with E-state index in [2.05, 4.69) is 25.8 Å². The third-order valence-electron chi connectivity index (χ3n) is 6.31. The molecule has 3 aromatic rings. The first kappa shape index (κ1) is 26.4. The first-order chi connectivity index (χ1) is 17.0. The summed E-state index contributed by atoms with van der Waals surface area (Å²) in [5, 5.41) is 0. The molecule has 35 heavy (non-hydrogen) atoms. The van der Waals surface area contributed by atoms with Crippen molar-refractivity contribution in [2.24, 2.45) is 0 Å². The summed E-state index contributed by atoms with van der Waals surface area (Å²) < 4.78 is 3.50. The Bertz CT molecular complexity index is 1210. The maximum atomic E-state index is 13.2.